The van der Waals surface area contributed by atoms with Crippen molar-refractivity contribution in [3.8, 4) is 5.75 Å². The van der Waals surface area contributed by atoms with Crippen molar-refractivity contribution in [2.24, 2.45) is 0 Å². The lowest BCUT2D eigenvalue weighted by Gasteiger charge is -2.26. The molecule has 0 aromatic heterocycles. The van der Waals surface area contributed by atoms with Crippen molar-refractivity contribution in [3.05, 3.63) is 119 Å². The maximum Gasteiger partial charge on any atom is 0.339 e. The molecule has 0 heterocycles. The van der Waals surface area contributed by atoms with Crippen molar-refractivity contribution in [2.75, 3.05) is 0 Å². The summed E-state index contributed by atoms with van der Waals surface area (Å²) < 4.78 is 11.1. The van der Waals surface area contributed by atoms with Gasteiger partial charge in [-0.1, -0.05) is 48.5 Å². The van der Waals surface area contributed by atoms with Gasteiger partial charge in [0.05, 0.1) is 16.5 Å². The number of esters is 2. The quantitative estimate of drug-likeness (QED) is 0.147. The van der Waals surface area contributed by atoms with Gasteiger partial charge in [0.1, 0.15) is 11.4 Å². The Bertz CT molecular complexity index is 1330. The first-order valence-electron chi connectivity index (χ1n) is 12.1. The summed E-state index contributed by atoms with van der Waals surface area (Å²) in [6.45, 7) is 9.00. The van der Waals surface area contributed by atoms with Gasteiger partial charge >= 0.3 is 11.9 Å². The number of carbonyl (C=O) groups is 2. The van der Waals surface area contributed by atoms with E-state index in [4.69, 9.17) is 9.47 Å². The molecule has 4 aromatic rings. The predicted octanol–water partition coefficient (Wildman–Crippen LogP) is 7.42. The van der Waals surface area contributed by atoms with E-state index < -0.39 is 5.60 Å². The van der Waals surface area contributed by atoms with Crippen LogP contribution in [0.3, 0.4) is 0 Å². The maximum atomic E-state index is 13.4. The van der Waals surface area contributed by atoms with Crippen LogP contribution in [-0.4, -0.2) is 11.9 Å². The van der Waals surface area contributed by atoms with E-state index in [9.17, 15) is 9.59 Å². The van der Waals surface area contributed by atoms with E-state index in [0.29, 0.717) is 11.3 Å². The number of hydrogen-bond acceptors (Lipinski definition) is 4. The maximum absolute atomic E-state index is 13.4. The minimum absolute atomic E-state index is 0.300. The van der Waals surface area contributed by atoms with Gasteiger partial charge in [-0.05, 0) is 92.9 Å². The van der Waals surface area contributed by atoms with Gasteiger partial charge in [-0.3, -0.25) is 4.79 Å². The van der Waals surface area contributed by atoms with E-state index in [1.54, 1.807) is 24.3 Å². The first-order chi connectivity index (χ1) is 17.7. The molecule has 0 atom stereocenters. The lowest BCUT2D eigenvalue weighted by atomic mass is 9.97. The Morgan fingerprint density at radius 3 is 1.65 bits per heavy atom. The summed E-state index contributed by atoms with van der Waals surface area (Å²) in [4.78, 5) is 28.2. The third-order valence-electron chi connectivity index (χ3n) is 6.06. The van der Waals surface area contributed by atoms with Crippen LogP contribution in [0.4, 0.5) is 0 Å². The molecule has 4 rings (SSSR count). The molecule has 0 amide bonds. The number of carbonyl (C=O) groups excluding carboxylic acids is 2. The smallest absolute Gasteiger partial charge is 0.339 e. The average molecular weight is 512 g/mol. The highest BCUT2D eigenvalue weighted by Gasteiger charge is 2.32. The molecule has 0 bridgehead atoms. The second-order valence-electron chi connectivity index (χ2n) is 9.38. The Balaban J connectivity index is 1.63. The standard InChI is InChI=1S/C32H31O4S/c1-22-20-29(37(27-12-8-6-9-13-27)28-14-10-7-11-15-28)21-23(2)30(22)31(34)36-32(4,5)25-16-18-26(19-17-25)35-24(3)33/h6-21H,1-5H3/q+1. The Labute approximate surface area is 221 Å². The second-order valence-corrected chi connectivity index (χ2v) is 11.4. The van der Waals surface area contributed by atoms with Crippen molar-refractivity contribution in [1.82, 2.24) is 0 Å². The van der Waals surface area contributed by atoms with Gasteiger partial charge in [0.25, 0.3) is 0 Å². The monoisotopic (exact) mass is 511 g/mol. The second kappa shape index (κ2) is 11.1. The molecule has 188 valence electrons. The zero-order valence-corrected chi connectivity index (χ0v) is 22.6. The van der Waals surface area contributed by atoms with Crippen LogP contribution in [0.25, 0.3) is 0 Å². The molecule has 4 nitrogen and oxygen atoms in total. The number of aryl methyl sites for hydroxylation is 2. The van der Waals surface area contributed by atoms with Gasteiger partial charge in [-0.2, -0.15) is 0 Å². The van der Waals surface area contributed by atoms with Crippen LogP contribution in [0.2, 0.25) is 0 Å². The molecule has 0 N–H and O–H groups in total. The molecule has 0 aliphatic carbocycles. The van der Waals surface area contributed by atoms with E-state index in [-0.39, 0.29) is 22.8 Å². The molecular formula is C32H31O4S+. The predicted molar refractivity (Wildman–Crippen MR) is 147 cm³/mol. The summed E-state index contributed by atoms with van der Waals surface area (Å²) in [6.07, 6.45) is 0. The van der Waals surface area contributed by atoms with Gasteiger partial charge in [0, 0.05) is 6.92 Å². The number of benzene rings is 4. The normalized spacial score (nSPS) is 11.3. The molecule has 0 saturated heterocycles. The van der Waals surface area contributed by atoms with Crippen molar-refractivity contribution in [3.63, 3.8) is 0 Å². The van der Waals surface area contributed by atoms with Crippen LogP contribution in [0.1, 0.15) is 47.8 Å². The first kappa shape index (κ1) is 26.2. The number of ether oxygens (including phenoxy) is 2. The number of hydrogen-bond donors (Lipinski definition) is 0. The minimum Gasteiger partial charge on any atom is -0.451 e. The molecular weight excluding hydrogens is 480 g/mol. The van der Waals surface area contributed by atoms with E-state index >= 15 is 0 Å². The molecule has 0 aliphatic heterocycles. The van der Waals surface area contributed by atoms with Crippen LogP contribution in [-0.2, 0) is 26.0 Å². The fourth-order valence-corrected chi connectivity index (χ4v) is 6.58. The van der Waals surface area contributed by atoms with E-state index in [0.717, 1.165) is 21.6 Å². The van der Waals surface area contributed by atoms with Gasteiger partial charge in [-0.25, -0.2) is 4.79 Å². The molecule has 0 aliphatic rings. The zero-order valence-electron chi connectivity index (χ0n) is 21.8. The lowest BCUT2D eigenvalue weighted by molar-refractivity contribution is -0.131. The van der Waals surface area contributed by atoms with Gasteiger partial charge in [-0.15, -0.1) is 0 Å². The van der Waals surface area contributed by atoms with E-state index in [2.05, 4.69) is 60.7 Å². The van der Waals surface area contributed by atoms with E-state index in [1.165, 1.54) is 16.7 Å². The van der Waals surface area contributed by atoms with Crippen molar-refractivity contribution >= 4 is 22.8 Å². The molecule has 0 radical (unpaired) electrons. The lowest BCUT2D eigenvalue weighted by Crippen LogP contribution is -2.26. The summed E-state index contributed by atoms with van der Waals surface area (Å²) in [5, 5.41) is 0. The molecule has 0 spiro atoms. The minimum atomic E-state index is -0.873. The third kappa shape index (κ3) is 6.12. The largest absolute Gasteiger partial charge is 0.451 e. The summed E-state index contributed by atoms with van der Waals surface area (Å²) in [5.74, 6) is -0.294. The zero-order chi connectivity index (χ0) is 26.6. The summed E-state index contributed by atoms with van der Waals surface area (Å²) in [6, 6.07) is 32.1. The molecule has 4 aromatic carbocycles. The highest BCUT2D eigenvalue weighted by Crippen LogP contribution is 2.34. The van der Waals surface area contributed by atoms with Crippen molar-refractivity contribution in [2.45, 2.75) is 54.9 Å². The van der Waals surface area contributed by atoms with E-state index in [1.807, 2.05) is 39.8 Å². The number of rotatable bonds is 7. The third-order valence-corrected chi connectivity index (χ3v) is 8.26. The Hall–Kier alpha value is -3.83. The van der Waals surface area contributed by atoms with Crippen LogP contribution < -0.4 is 4.74 Å². The highest BCUT2D eigenvalue weighted by atomic mass is 32.2. The highest BCUT2D eigenvalue weighted by molar-refractivity contribution is 7.97. The topological polar surface area (TPSA) is 52.6 Å². The van der Waals surface area contributed by atoms with Crippen molar-refractivity contribution in [1.29, 1.82) is 0 Å². The fraction of sp³-hybridized carbons (Fsp3) is 0.188. The van der Waals surface area contributed by atoms with Crippen LogP contribution >= 0.6 is 0 Å². The van der Waals surface area contributed by atoms with Gasteiger partial charge in [0.2, 0.25) is 0 Å². The molecule has 0 fully saturated rings. The average Bonchev–Trinajstić information content (AvgIpc) is 2.85. The summed E-state index contributed by atoms with van der Waals surface area (Å²) in [5.41, 5.74) is 2.27. The molecule has 0 unspecified atom stereocenters. The first-order valence-corrected chi connectivity index (χ1v) is 13.4. The Morgan fingerprint density at radius 1 is 0.703 bits per heavy atom. The van der Waals surface area contributed by atoms with Crippen LogP contribution in [0.15, 0.2) is 112 Å². The van der Waals surface area contributed by atoms with Crippen molar-refractivity contribution < 1.29 is 19.1 Å². The fourth-order valence-electron chi connectivity index (χ4n) is 4.32. The van der Waals surface area contributed by atoms with Crippen LogP contribution in [0.5, 0.6) is 5.75 Å². The summed E-state index contributed by atoms with van der Waals surface area (Å²) >= 11 is 0. The molecule has 5 heteroatoms. The SMILES string of the molecule is CC(=O)Oc1ccc(C(C)(C)OC(=O)c2c(C)cc([S+](c3ccccc3)c3ccccc3)cc2C)cc1. The molecule has 37 heavy (non-hydrogen) atoms. The Kier molecular flexibility index (Phi) is 7.84. The van der Waals surface area contributed by atoms with Gasteiger partial charge in [0.15, 0.2) is 14.7 Å². The molecule has 0 saturated carbocycles. The van der Waals surface area contributed by atoms with Gasteiger partial charge < -0.3 is 9.47 Å². The summed E-state index contributed by atoms with van der Waals surface area (Å²) in [7, 11) is -0.300. The van der Waals surface area contributed by atoms with Crippen LogP contribution in [0, 0.1) is 13.8 Å². The Morgan fingerprint density at radius 2 is 1.19 bits per heavy atom.